The number of aromatic hydroxyl groups is 1. The maximum atomic E-state index is 10.2. The van der Waals surface area contributed by atoms with Crippen LogP contribution in [0.5, 0.6) is 11.5 Å². The fourth-order valence-corrected chi connectivity index (χ4v) is 4.43. The van der Waals surface area contributed by atoms with Crippen LogP contribution in [0.2, 0.25) is 0 Å². The van der Waals surface area contributed by atoms with Gasteiger partial charge in [-0.3, -0.25) is 4.90 Å². The van der Waals surface area contributed by atoms with E-state index in [1.165, 1.54) is 11.1 Å². The summed E-state index contributed by atoms with van der Waals surface area (Å²) < 4.78 is 10.8. The predicted molar refractivity (Wildman–Crippen MR) is 79.7 cm³/mol. The summed E-state index contributed by atoms with van der Waals surface area (Å²) in [6.45, 7) is 2.03. The Bertz CT molecular complexity index is 612. The number of benzene rings is 1. The number of nitrogens with zero attached hydrogens (tertiary/aromatic N) is 1. The molecule has 0 spiro atoms. The molecule has 1 aromatic rings. The van der Waals surface area contributed by atoms with Gasteiger partial charge in [0.25, 0.3) is 0 Å². The van der Waals surface area contributed by atoms with Crippen LogP contribution in [-0.2, 0) is 16.7 Å². The highest BCUT2D eigenvalue weighted by atomic mass is 16.5. The first-order valence-corrected chi connectivity index (χ1v) is 7.54. The first-order chi connectivity index (χ1) is 10.2. The molecule has 0 amide bonds. The van der Waals surface area contributed by atoms with Crippen molar-refractivity contribution in [3.8, 4) is 11.5 Å². The van der Waals surface area contributed by atoms with Crippen molar-refractivity contribution in [2.75, 3.05) is 20.8 Å². The number of phenolic OH excluding ortho intramolecular Hbond substituents is 1. The average Bonchev–Trinajstić information content (AvgIpc) is 2.79. The van der Waals surface area contributed by atoms with Crippen molar-refractivity contribution < 1.29 is 14.6 Å². The molecule has 2 heterocycles. The van der Waals surface area contributed by atoms with E-state index in [0.717, 1.165) is 25.9 Å². The van der Waals surface area contributed by atoms with E-state index in [1.807, 2.05) is 12.1 Å². The van der Waals surface area contributed by atoms with Gasteiger partial charge in [0.2, 0.25) is 0 Å². The van der Waals surface area contributed by atoms with Gasteiger partial charge in [0, 0.05) is 31.7 Å². The van der Waals surface area contributed by atoms with Crippen molar-refractivity contribution in [1.82, 2.24) is 4.90 Å². The van der Waals surface area contributed by atoms with Crippen LogP contribution < -0.4 is 4.74 Å². The van der Waals surface area contributed by atoms with E-state index in [-0.39, 0.29) is 17.3 Å². The molecule has 1 aromatic carbocycles. The first-order valence-electron chi connectivity index (χ1n) is 7.54. The van der Waals surface area contributed by atoms with Gasteiger partial charge in [-0.25, -0.2) is 0 Å². The van der Waals surface area contributed by atoms with Gasteiger partial charge in [0.05, 0.1) is 13.2 Å². The third-order valence-electron chi connectivity index (χ3n) is 5.49. The molecule has 1 aliphatic carbocycles. The van der Waals surface area contributed by atoms with Crippen LogP contribution in [0.25, 0.3) is 0 Å². The Morgan fingerprint density at radius 3 is 2.95 bits per heavy atom. The maximum absolute atomic E-state index is 10.2. The molecule has 4 nitrogen and oxygen atoms in total. The minimum Gasteiger partial charge on any atom is -0.504 e. The second kappa shape index (κ2) is 4.49. The molecule has 0 saturated carbocycles. The van der Waals surface area contributed by atoms with Crippen LogP contribution in [0, 0.1) is 0 Å². The Balaban J connectivity index is 1.87. The van der Waals surface area contributed by atoms with Crippen molar-refractivity contribution >= 4 is 0 Å². The molecule has 1 fully saturated rings. The maximum Gasteiger partial charge on any atom is 0.160 e. The molecule has 4 rings (SSSR count). The second-order valence-electron chi connectivity index (χ2n) is 6.33. The molecule has 0 aromatic heterocycles. The zero-order chi connectivity index (χ0) is 14.6. The molecule has 2 bridgehead atoms. The van der Waals surface area contributed by atoms with E-state index in [4.69, 9.17) is 9.47 Å². The predicted octanol–water partition coefficient (Wildman–Crippen LogP) is 2.20. The summed E-state index contributed by atoms with van der Waals surface area (Å²) in [6, 6.07) is 4.39. The van der Waals surface area contributed by atoms with Crippen molar-refractivity contribution in [2.24, 2.45) is 0 Å². The van der Waals surface area contributed by atoms with Gasteiger partial charge in [0.1, 0.15) is 0 Å². The molecule has 1 N–H and O–H groups in total. The summed E-state index contributed by atoms with van der Waals surface area (Å²) in [5.74, 6) is 0.811. The van der Waals surface area contributed by atoms with E-state index in [1.54, 1.807) is 14.2 Å². The van der Waals surface area contributed by atoms with Crippen LogP contribution >= 0.6 is 0 Å². The lowest BCUT2D eigenvalue weighted by Gasteiger charge is -2.45. The molecule has 3 aliphatic rings. The van der Waals surface area contributed by atoms with Gasteiger partial charge < -0.3 is 14.6 Å². The van der Waals surface area contributed by atoms with Crippen LogP contribution in [0.4, 0.5) is 0 Å². The van der Waals surface area contributed by atoms with E-state index >= 15 is 0 Å². The Morgan fingerprint density at radius 2 is 2.19 bits per heavy atom. The van der Waals surface area contributed by atoms with Gasteiger partial charge in [-0.2, -0.15) is 0 Å². The second-order valence-corrected chi connectivity index (χ2v) is 6.33. The van der Waals surface area contributed by atoms with Crippen molar-refractivity contribution in [3.63, 3.8) is 0 Å². The van der Waals surface area contributed by atoms with Gasteiger partial charge in [-0.1, -0.05) is 12.2 Å². The summed E-state index contributed by atoms with van der Waals surface area (Å²) in [6.07, 6.45) is 6.86. The van der Waals surface area contributed by atoms with Crippen molar-refractivity contribution in [1.29, 1.82) is 0 Å². The Kier molecular flexibility index (Phi) is 2.81. The molecule has 2 aliphatic heterocycles. The lowest BCUT2D eigenvalue weighted by molar-refractivity contribution is 0.0749. The number of ether oxygens (including phenoxy) is 2. The van der Waals surface area contributed by atoms with Gasteiger partial charge in [-0.15, -0.1) is 0 Å². The summed E-state index contributed by atoms with van der Waals surface area (Å²) in [5.41, 5.74) is 2.58. The number of hydrogen-bond donors (Lipinski definition) is 1. The van der Waals surface area contributed by atoms with Crippen molar-refractivity contribution in [3.05, 3.63) is 35.4 Å². The minimum atomic E-state index is 0.0341. The van der Waals surface area contributed by atoms with Crippen LogP contribution in [0.15, 0.2) is 24.3 Å². The molecule has 112 valence electrons. The van der Waals surface area contributed by atoms with E-state index in [2.05, 4.69) is 17.1 Å². The van der Waals surface area contributed by atoms with E-state index in [0.29, 0.717) is 11.8 Å². The standard InChI is InChI=1S/C17H21NO3/c1-20-12-3-4-17-5-6-18(16(17)8-12)10-11-7-15(21-2)14(19)9-13(11)17/h3-4,7,9,12,16,19H,5-6,8,10H2,1-2H3/t12-,16?,17+/m1/s1. The zero-order valence-corrected chi connectivity index (χ0v) is 12.5. The lowest BCUT2D eigenvalue weighted by atomic mass is 9.66. The van der Waals surface area contributed by atoms with Crippen LogP contribution in [0.3, 0.4) is 0 Å². The monoisotopic (exact) mass is 287 g/mol. The highest BCUT2D eigenvalue weighted by Crippen LogP contribution is 2.52. The molecule has 4 heteroatoms. The molecular weight excluding hydrogens is 266 g/mol. The summed E-state index contributed by atoms with van der Waals surface area (Å²) in [7, 11) is 3.38. The highest BCUT2D eigenvalue weighted by molar-refractivity contribution is 5.54. The molecular formula is C17H21NO3. The summed E-state index contributed by atoms with van der Waals surface area (Å²) >= 11 is 0. The Hall–Kier alpha value is -1.52. The minimum absolute atomic E-state index is 0.0341. The van der Waals surface area contributed by atoms with Crippen LogP contribution in [-0.4, -0.2) is 42.9 Å². The quantitative estimate of drug-likeness (QED) is 0.847. The normalized spacial score (nSPS) is 36.2. The summed E-state index contributed by atoms with van der Waals surface area (Å²) in [5, 5.41) is 10.2. The molecule has 0 radical (unpaired) electrons. The number of phenols is 1. The topological polar surface area (TPSA) is 41.9 Å². The SMILES string of the molecule is COc1cc2c(cc1O)[C@@]13C=C[C@@H](OC)CC1N(CC3)C2. The largest absolute Gasteiger partial charge is 0.504 e. The van der Waals surface area contributed by atoms with Gasteiger partial charge in [0.15, 0.2) is 11.5 Å². The third kappa shape index (κ3) is 1.69. The number of rotatable bonds is 2. The molecule has 4 atom stereocenters. The van der Waals surface area contributed by atoms with Crippen molar-refractivity contribution in [2.45, 2.75) is 36.9 Å². The average molecular weight is 287 g/mol. The summed E-state index contributed by atoms with van der Waals surface area (Å²) in [4.78, 5) is 2.55. The Morgan fingerprint density at radius 1 is 1.33 bits per heavy atom. The third-order valence-corrected chi connectivity index (χ3v) is 5.49. The molecule has 2 unspecified atom stereocenters. The number of hydrogen-bond acceptors (Lipinski definition) is 4. The van der Waals surface area contributed by atoms with Gasteiger partial charge >= 0.3 is 0 Å². The first kappa shape index (κ1) is 13.2. The van der Waals surface area contributed by atoms with E-state index < -0.39 is 0 Å². The highest BCUT2D eigenvalue weighted by Gasteiger charge is 2.53. The van der Waals surface area contributed by atoms with Gasteiger partial charge in [-0.05, 0) is 36.1 Å². The molecule has 1 saturated heterocycles. The zero-order valence-electron chi connectivity index (χ0n) is 12.5. The Labute approximate surface area is 125 Å². The number of fused-ring (bicyclic) bond motifs is 1. The fraction of sp³-hybridized carbons (Fsp3) is 0.529. The lowest BCUT2D eigenvalue weighted by Crippen LogP contribution is -2.49. The smallest absolute Gasteiger partial charge is 0.160 e. The number of methoxy groups -OCH3 is 2. The fourth-order valence-electron chi connectivity index (χ4n) is 4.43. The van der Waals surface area contributed by atoms with Crippen LogP contribution in [0.1, 0.15) is 24.0 Å². The van der Waals surface area contributed by atoms with E-state index in [9.17, 15) is 5.11 Å². The molecule has 21 heavy (non-hydrogen) atoms.